The molecule has 26 heavy (non-hydrogen) atoms. The molecule has 0 bridgehead atoms. The first-order valence-electron chi connectivity index (χ1n) is 8.63. The van der Waals surface area contributed by atoms with E-state index >= 15 is 0 Å². The summed E-state index contributed by atoms with van der Waals surface area (Å²) in [5.74, 6) is 0.600. The summed E-state index contributed by atoms with van der Waals surface area (Å²) >= 11 is 3.19. The standard InChI is InChI=1S/C18H16N4O2S2/c23-14-8-11(21-18-22(14)6-7-25-18)9-24-16-15-12-4-2-1-3-5-13(12)26-17(15)20-10-19-16/h6-8,10H,1-5,9H2. The maximum Gasteiger partial charge on any atom is 0.258 e. The summed E-state index contributed by atoms with van der Waals surface area (Å²) in [5.41, 5.74) is 1.87. The van der Waals surface area contributed by atoms with Gasteiger partial charge < -0.3 is 4.74 Å². The Kier molecular flexibility index (Phi) is 3.94. The van der Waals surface area contributed by atoms with Crippen LogP contribution >= 0.6 is 22.7 Å². The zero-order valence-corrected chi connectivity index (χ0v) is 15.6. The second-order valence-corrected chi connectivity index (χ2v) is 8.31. The van der Waals surface area contributed by atoms with Gasteiger partial charge in [0.05, 0.1) is 11.1 Å². The fourth-order valence-electron chi connectivity index (χ4n) is 3.45. The van der Waals surface area contributed by atoms with E-state index in [2.05, 4.69) is 15.0 Å². The molecule has 0 radical (unpaired) electrons. The first-order valence-corrected chi connectivity index (χ1v) is 10.3. The van der Waals surface area contributed by atoms with Crippen LogP contribution in [0.2, 0.25) is 0 Å². The Labute approximate surface area is 157 Å². The predicted octanol–water partition coefficient (Wildman–Crippen LogP) is 3.61. The van der Waals surface area contributed by atoms with Crippen LogP contribution in [0.4, 0.5) is 0 Å². The van der Waals surface area contributed by atoms with E-state index in [1.165, 1.54) is 51.5 Å². The maximum absolute atomic E-state index is 12.1. The summed E-state index contributed by atoms with van der Waals surface area (Å²) in [7, 11) is 0. The molecule has 1 aliphatic carbocycles. The van der Waals surface area contributed by atoms with Crippen molar-refractivity contribution in [1.82, 2.24) is 19.4 Å². The monoisotopic (exact) mass is 384 g/mol. The lowest BCUT2D eigenvalue weighted by Gasteiger charge is -2.07. The summed E-state index contributed by atoms with van der Waals surface area (Å²) in [6, 6.07) is 1.52. The highest BCUT2D eigenvalue weighted by Crippen LogP contribution is 2.38. The molecule has 8 heteroatoms. The van der Waals surface area contributed by atoms with Gasteiger partial charge in [-0.1, -0.05) is 6.42 Å². The fraction of sp³-hybridized carbons (Fsp3) is 0.333. The molecule has 6 nitrogen and oxygen atoms in total. The third-order valence-electron chi connectivity index (χ3n) is 4.68. The van der Waals surface area contributed by atoms with Crippen molar-refractivity contribution in [3.63, 3.8) is 0 Å². The van der Waals surface area contributed by atoms with Crippen LogP contribution in [0.15, 0.2) is 28.8 Å². The van der Waals surface area contributed by atoms with E-state index in [4.69, 9.17) is 4.74 Å². The minimum absolute atomic E-state index is 0.0907. The zero-order chi connectivity index (χ0) is 17.5. The van der Waals surface area contributed by atoms with Gasteiger partial charge in [0, 0.05) is 22.5 Å². The molecule has 0 saturated heterocycles. The van der Waals surface area contributed by atoms with Gasteiger partial charge in [-0.3, -0.25) is 9.20 Å². The van der Waals surface area contributed by atoms with Crippen LogP contribution in [0.25, 0.3) is 15.2 Å². The minimum atomic E-state index is -0.0907. The van der Waals surface area contributed by atoms with Gasteiger partial charge >= 0.3 is 0 Å². The summed E-state index contributed by atoms with van der Waals surface area (Å²) in [6.07, 6.45) is 9.15. The van der Waals surface area contributed by atoms with Crippen molar-refractivity contribution in [3.8, 4) is 5.88 Å². The molecule has 4 aromatic rings. The average molecular weight is 384 g/mol. The first kappa shape index (κ1) is 15.9. The topological polar surface area (TPSA) is 69.4 Å². The number of hydrogen-bond donors (Lipinski definition) is 0. The van der Waals surface area contributed by atoms with Crippen molar-refractivity contribution < 1.29 is 4.74 Å². The SMILES string of the molecule is O=c1cc(COc2ncnc3sc4c(c23)CCCCC4)nc2sccn12. The van der Waals surface area contributed by atoms with E-state index in [1.807, 2.05) is 5.38 Å². The summed E-state index contributed by atoms with van der Waals surface area (Å²) in [6.45, 7) is 0.223. The molecular weight excluding hydrogens is 368 g/mol. The number of thiophene rings is 1. The van der Waals surface area contributed by atoms with Gasteiger partial charge in [-0.2, -0.15) is 0 Å². The third-order valence-corrected chi connectivity index (χ3v) is 6.64. The fourth-order valence-corrected chi connectivity index (χ4v) is 5.41. The molecule has 4 heterocycles. The van der Waals surface area contributed by atoms with E-state index in [-0.39, 0.29) is 12.2 Å². The lowest BCUT2D eigenvalue weighted by atomic mass is 10.1. The van der Waals surface area contributed by atoms with Crippen molar-refractivity contribution in [3.05, 3.63) is 50.5 Å². The van der Waals surface area contributed by atoms with Gasteiger partial charge in [0.25, 0.3) is 5.56 Å². The molecule has 0 unspecified atom stereocenters. The zero-order valence-electron chi connectivity index (χ0n) is 14.0. The number of nitrogens with zero attached hydrogens (tertiary/aromatic N) is 4. The molecule has 4 aromatic heterocycles. The quantitative estimate of drug-likeness (QED) is 0.505. The molecule has 0 spiro atoms. The molecular formula is C18H16N4O2S2. The van der Waals surface area contributed by atoms with E-state index < -0.39 is 0 Å². The van der Waals surface area contributed by atoms with Crippen molar-refractivity contribution >= 4 is 37.9 Å². The molecule has 0 amide bonds. The lowest BCUT2D eigenvalue weighted by Crippen LogP contribution is -2.14. The van der Waals surface area contributed by atoms with Gasteiger partial charge in [-0.05, 0) is 31.2 Å². The maximum atomic E-state index is 12.1. The molecule has 0 fully saturated rings. The van der Waals surface area contributed by atoms with Gasteiger partial charge in [-0.15, -0.1) is 22.7 Å². The number of fused-ring (bicyclic) bond motifs is 4. The second kappa shape index (κ2) is 6.44. The largest absolute Gasteiger partial charge is 0.471 e. The lowest BCUT2D eigenvalue weighted by molar-refractivity contribution is 0.293. The summed E-state index contributed by atoms with van der Waals surface area (Å²) in [4.78, 5) is 28.5. The van der Waals surface area contributed by atoms with Crippen LogP contribution in [-0.2, 0) is 19.4 Å². The first-order chi connectivity index (χ1) is 12.8. The Balaban J connectivity index is 1.50. The molecule has 1 aliphatic rings. The molecule has 0 atom stereocenters. The van der Waals surface area contributed by atoms with Crippen LogP contribution in [0.1, 0.15) is 35.4 Å². The van der Waals surface area contributed by atoms with Crippen LogP contribution in [-0.4, -0.2) is 19.4 Å². The molecule has 5 rings (SSSR count). The van der Waals surface area contributed by atoms with Crippen molar-refractivity contribution in [1.29, 1.82) is 0 Å². The van der Waals surface area contributed by atoms with Crippen LogP contribution in [0, 0.1) is 0 Å². The molecule has 132 valence electrons. The number of rotatable bonds is 3. The highest BCUT2D eigenvalue weighted by molar-refractivity contribution is 7.18. The van der Waals surface area contributed by atoms with Gasteiger partial charge in [-0.25, -0.2) is 15.0 Å². The molecule has 0 aliphatic heterocycles. The highest BCUT2D eigenvalue weighted by atomic mass is 32.1. The Hall–Kier alpha value is -2.32. The molecule has 0 aromatic carbocycles. The third kappa shape index (κ3) is 2.69. The van der Waals surface area contributed by atoms with Crippen molar-refractivity contribution in [2.75, 3.05) is 0 Å². The van der Waals surface area contributed by atoms with E-state index in [0.717, 1.165) is 23.1 Å². The van der Waals surface area contributed by atoms with Crippen LogP contribution in [0.3, 0.4) is 0 Å². The van der Waals surface area contributed by atoms with Crippen LogP contribution < -0.4 is 10.3 Å². The smallest absolute Gasteiger partial charge is 0.258 e. The van der Waals surface area contributed by atoms with E-state index in [0.29, 0.717) is 16.5 Å². The average Bonchev–Trinajstić information content (AvgIpc) is 3.19. The molecule has 0 N–H and O–H groups in total. The molecule has 0 saturated carbocycles. The minimum Gasteiger partial charge on any atom is -0.471 e. The normalized spacial score (nSPS) is 14.5. The number of hydrogen-bond acceptors (Lipinski definition) is 7. The van der Waals surface area contributed by atoms with Crippen LogP contribution in [0.5, 0.6) is 5.88 Å². The van der Waals surface area contributed by atoms with Gasteiger partial charge in [0.15, 0.2) is 4.96 Å². The predicted molar refractivity (Wildman–Crippen MR) is 102 cm³/mol. The Morgan fingerprint density at radius 3 is 3.08 bits per heavy atom. The van der Waals surface area contributed by atoms with Crippen molar-refractivity contribution in [2.45, 2.75) is 38.7 Å². The number of aromatic nitrogens is 4. The van der Waals surface area contributed by atoms with E-state index in [1.54, 1.807) is 23.9 Å². The summed E-state index contributed by atoms with van der Waals surface area (Å²) < 4.78 is 7.54. The van der Waals surface area contributed by atoms with Gasteiger partial charge in [0.1, 0.15) is 17.8 Å². The summed E-state index contributed by atoms with van der Waals surface area (Å²) in [5, 5.41) is 2.89. The number of ether oxygens (including phenoxy) is 1. The van der Waals surface area contributed by atoms with E-state index in [9.17, 15) is 4.79 Å². The highest BCUT2D eigenvalue weighted by Gasteiger charge is 2.20. The Morgan fingerprint density at radius 1 is 1.19 bits per heavy atom. The Bertz CT molecular complexity index is 1160. The number of aryl methyl sites for hydroxylation is 2. The second-order valence-electron chi connectivity index (χ2n) is 6.35. The van der Waals surface area contributed by atoms with Crippen molar-refractivity contribution in [2.24, 2.45) is 0 Å². The number of thiazole rings is 1. The Morgan fingerprint density at radius 2 is 2.12 bits per heavy atom. The van der Waals surface area contributed by atoms with Gasteiger partial charge in [0.2, 0.25) is 5.88 Å².